The van der Waals surface area contributed by atoms with Crippen LogP contribution in [0.2, 0.25) is 0 Å². The molecule has 188 valence electrons. The summed E-state index contributed by atoms with van der Waals surface area (Å²) in [5.41, 5.74) is 0. The van der Waals surface area contributed by atoms with Crippen molar-refractivity contribution in [2.75, 3.05) is 45.3 Å². The quantitative estimate of drug-likeness (QED) is 0.0963. The van der Waals surface area contributed by atoms with E-state index in [4.69, 9.17) is 0 Å². The van der Waals surface area contributed by atoms with Gasteiger partial charge in [0.15, 0.2) is 0 Å². The first kappa shape index (κ1) is 31.2. The van der Waals surface area contributed by atoms with Crippen LogP contribution in [0.1, 0.15) is 110 Å². The molecule has 1 heterocycles. The standard InChI is InChI=1S/C23H48NS.CH4O4S/c1-3-4-5-6-7-8-9-10-11-12-13-14-15-16-17-18-19-24(2)20-22-25-23-21-24;1-5-6(2,3)4/h3-23H2,1-2H3;1H3,(H,2,3,4)/q+1;/p-1. The van der Waals surface area contributed by atoms with Crippen LogP contribution in [0.15, 0.2) is 0 Å². The molecule has 31 heavy (non-hydrogen) atoms. The van der Waals surface area contributed by atoms with Gasteiger partial charge < -0.3 is 9.04 Å². The van der Waals surface area contributed by atoms with E-state index < -0.39 is 10.4 Å². The monoisotopic (exact) mass is 481 g/mol. The lowest BCUT2D eigenvalue weighted by molar-refractivity contribution is -0.906. The Kier molecular flexibility index (Phi) is 20.9. The average molecular weight is 482 g/mol. The molecule has 0 N–H and O–H groups in total. The number of thioether (sulfide) groups is 1. The normalized spacial score (nSPS) is 16.0. The Balaban J connectivity index is 0.00000131. The van der Waals surface area contributed by atoms with Gasteiger partial charge in [0.05, 0.1) is 33.8 Å². The number of hydrogen-bond donors (Lipinski definition) is 0. The van der Waals surface area contributed by atoms with E-state index in [9.17, 15) is 13.0 Å². The van der Waals surface area contributed by atoms with Crippen molar-refractivity contribution in [3.63, 3.8) is 0 Å². The first-order chi connectivity index (χ1) is 14.8. The molecule has 0 saturated carbocycles. The van der Waals surface area contributed by atoms with E-state index in [1.54, 1.807) is 0 Å². The number of rotatable bonds is 18. The van der Waals surface area contributed by atoms with Crippen LogP contribution in [0.4, 0.5) is 0 Å². The van der Waals surface area contributed by atoms with Gasteiger partial charge in [-0.15, -0.1) is 0 Å². The molecule has 0 aromatic rings. The molecule has 0 aliphatic carbocycles. The number of nitrogens with zero attached hydrogens (tertiary/aromatic N) is 1. The van der Waals surface area contributed by atoms with Gasteiger partial charge in [-0.25, -0.2) is 8.42 Å². The highest BCUT2D eigenvalue weighted by Gasteiger charge is 2.23. The molecule has 0 bridgehead atoms. The molecule has 1 rings (SSSR count). The molecule has 0 aromatic heterocycles. The predicted molar refractivity (Wildman–Crippen MR) is 134 cm³/mol. The van der Waals surface area contributed by atoms with Crippen molar-refractivity contribution in [3.05, 3.63) is 0 Å². The van der Waals surface area contributed by atoms with Gasteiger partial charge in [0.2, 0.25) is 10.4 Å². The minimum atomic E-state index is -4.41. The molecule has 0 unspecified atom stereocenters. The SMILES string of the molecule is CCCCCCCCCCCCCCCCCC[N+]1(C)CCSCC1.COS(=O)(=O)[O-]. The van der Waals surface area contributed by atoms with Crippen LogP contribution < -0.4 is 0 Å². The highest BCUT2D eigenvalue weighted by molar-refractivity contribution is 7.99. The zero-order chi connectivity index (χ0) is 23.3. The Labute approximate surface area is 198 Å². The Bertz CT molecular complexity index is 480. The predicted octanol–water partition coefficient (Wildman–Crippen LogP) is 6.53. The van der Waals surface area contributed by atoms with Crippen LogP contribution in [0.25, 0.3) is 0 Å². The summed E-state index contributed by atoms with van der Waals surface area (Å²) in [4.78, 5) is 0. The summed E-state index contributed by atoms with van der Waals surface area (Å²) in [6.45, 7) is 6.54. The summed E-state index contributed by atoms with van der Waals surface area (Å²) < 4.78 is 32.4. The minimum Gasteiger partial charge on any atom is -0.726 e. The van der Waals surface area contributed by atoms with Gasteiger partial charge in [0.25, 0.3) is 0 Å². The van der Waals surface area contributed by atoms with Crippen molar-refractivity contribution in [1.82, 2.24) is 0 Å². The van der Waals surface area contributed by atoms with E-state index in [2.05, 4.69) is 29.9 Å². The van der Waals surface area contributed by atoms with Gasteiger partial charge >= 0.3 is 0 Å². The Morgan fingerprint density at radius 2 is 1.06 bits per heavy atom. The van der Waals surface area contributed by atoms with Gasteiger partial charge in [0, 0.05) is 11.5 Å². The Morgan fingerprint density at radius 3 is 1.39 bits per heavy atom. The van der Waals surface area contributed by atoms with Gasteiger partial charge in [-0.05, 0) is 12.8 Å². The van der Waals surface area contributed by atoms with Crippen LogP contribution in [-0.4, -0.2) is 62.8 Å². The summed E-state index contributed by atoms with van der Waals surface area (Å²) >= 11 is 2.15. The Hall–Kier alpha value is 0.180. The largest absolute Gasteiger partial charge is 0.726 e. The lowest BCUT2D eigenvalue weighted by Gasteiger charge is -2.37. The topological polar surface area (TPSA) is 66.4 Å². The van der Waals surface area contributed by atoms with Crippen molar-refractivity contribution in [2.45, 2.75) is 110 Å². The lowest BCUT2D eigenvalue weighted by atomic mass is 10.0. The second kappa shape index (κ2) is 20.8. The molecular weight excluding hydrogens is 430 g/mol. The van der Waals surface area contributed by atoms with E-state index in [1.807, 2.05) is 0 Å². The maximum Gasteiger partial charge on any atom is 0.217 e. The molecule has 1 aliphatic heterocycles. The third kappa shape index (κ3) is 23.1. The van der Waals surface area contributed by atoms with E-state index in [1.165, 1.54) is 138 Å². The van der Waals surface area contributed by atoms with Crippen molar-refractivity contribution >= 4 is 22.2 Å². The van der Waals surface area contributed by atoms with E-state index in [-0.39, 0.29) is 0 Å². The molecule has 1 saturated heterocycles. The molecule has 0 radical (unpaired) electrons. The van der Waals surface area contributed by atoms with Crippen molar-refractivity contribution in [2.24, 2.45) is 0 Å². The summed E-state index contributed by atoms with van der Waals surface area (Å²) in [6, 6.07) is 0. The number of hydrogen-bond acceptors (Lipinski definition) is 5. The van der Waals surface area contributed by atoms with Gasteiger partial charge in [-0.3, -0.25) is 4.18 Å². The summed E-state index contributed by atoms with van der Waals surface area (Å²) in [5, 5.41) is 0. The molecule has 7 heteroatoms. The maximum atomic E-state index is 9.22. The van der Waals surface area contributed by atoms with Crippen molar-refractivity contribution in [1.29, 1.82) is 0 Å². The van der Waals surface area contributed by atoms with E-state index >= 15 is 0 Å². The third-order valence-corrected chi connectivity index (χ3v) is 7.66. The van der Waals surface area contributed by atoms with Crippen molar-refractivity contribution in [3.8, 4) is 0 Å². The molecule has 0 atom stereocenters. The highest BCUT2D eigenvalue weighted by atomic mass is 32.3. The Morgan fingerprint density at radius 1 is 0.742 bits per heavy atom. The highest BCUT2D eigenvalue weighted by Crippen LogP contribution is 2.18. The number of quaternary nitrogens is 1. The number of unbranched alkanes of at least 4 members (excludes halogenated alkanes) is 15. The molecule has 1 aliphatic rings. The fourth-order valence-electron chi connectivity index (χ4n) is 4.05. The van der Waals surface area contributed by atoms with Gasteiger partial charge in [-0.1, -0.05) is 96.8 Å². The second-order valence-corrected chi connectivity index (χ2v) is 11.7. The fourth-order valence-corrected chi connectivity index (χ4v) is 5.39. The molecule has 5 nitrogen and oxygen atoms in total. The minimum absolute atomic E-state index is 0.808. The summed E-state index contributed by atoms with van der Waals surface area (Å²) in [7, 11) is -1.13. The first-order valence-corrected chi connectivity index (χ1v) is 15.2. The van der Waals surface area contributed by atoms with Crippen LogP contribution in [0.5, 0.6) is 0 Å². The van der Waals surface area contributed by atoms with Gasteiger partial charge in [-0.2, -0.15) is 11.8 Å². The summed E-state index contributed by atoms with van der Waals surface area (Å²) in [5.74, 6) is 2.77. The third-order valence-electron chi connectivity index (χ3n) is 6.31. The van der Waals surface area contributed by atoms with Crippen LogP contribution in [-0.2, 0) is 14.6 Å². The second-order valence-electron chi connectivity index (χ2n) is 9.28. The first-order valence-electron chi connectivity index (χ1n) is 12.8. The smallest absolute Gasteiger partial charge is 0.217 e. The fraction of sp³-hybridized carbons (Fsp3) is 1.00. The van der Waals surface area contributed by atoms with Gasteiger partial charge in [0.1, 0.15) is 0 Å². The van der Waals surface area contributed by atoms with Crippen LogP contribution in [0.3, 0.4) is 0 Å². The molecular formula is C24H51NO4S2. The average Bonchev–Trinajstić information content (AvgIpc) is 2.74. The zero-order valence-electron chi connectivity index (χ0n) is 20.7. The summed E-state index contributed by atoms with van der Waals surface area (Å²) in [6.07, 6.45) is 23.5. The lowest BCUT2D eigenvalue weighted by Crippen LogP contribution is -2.50. The van der Waals surface area contributed by atoms with Crippen molar-refractivity contribution < 1.29 is 21.6 Å². The molecule has 0 spiro atoms. The molecule has 1 fully saturated rings. The zero-order valence-corrected chi connectivity index (χ0v) is 22.4. The van der Waals surface area contributed by atoms with E-state index in [0.29, 0.717) is 0 Å². The molecule has 0 amide bonds. The molecule has 0 aromatic carbocycles. The van der Waals surface area contributed by atoms with Crippen LogP contribution >= 0.6 is 11.8 Å². The van der Waals surface area contributed by atoms with E-state index in [0.717, 1.165) is 7.11 Å². The maximum absolute atomic E-state index is 9.22. The van der Waals surface area contributed by atoms with Crippen LogP contribution in [0, 0.1) is 0 Å².